The predicted octanol–water partition coefficient (Wildman–Crippen LogP) is 5.70. The van der Waals surface area contributed by atoms with Crippen LogP contribution in [0.3, 0.4) is 0 Å². The zero-order chi connectivity index (χ0) is 30.3. The molecule has 0 saturated carbocycles. The highest BCUT2D eigenvalue weighted by Gasteiger charge is 2.34. The van der Waals surface area contributed by atoms with Crippen LogP contribution in [0.15, 0.2) is 71.6 Å². The number of hydrogen-bond donors (Lipinski definition) is 1. The Morgan fingerprint density at radius 1 is 0.854 bits per heavy atom. The fourth-order valence-corrected chi connectivity index (χ4v) is 6.17. The van der Waals surface area contributed by atoms with E-state index in [2.05, 4.69) is 5.32 Å². The Hall–Kier alpha value is -3.65. The van der Waals surface area contributed by atoms with Crippen LogP contribution in [0.4, 0.5) is 5.69 Å². The molecule has 0 unspecified atom stereocenters. The summed E-state index contributed by atoms with van der Waals surface area (Å²) in [5, 5.41) is 2.97. The molecule has 0 aliphatic carbocycles. The molecule has 0 aliphatic heterocycles. The van der Waals surface area contributed by atoms with Crippen molar-refractivity contribution < 1.29 is 18.0 Å². The molecule has 1 N–H and O–H groups in total. The van der Waals surface area contributed by atoms with Crippen molar-refractivity contribution in [1.29, 1.82) is 0 Å². The van der Waals surface area contributed by atoms with Gasteiger partial charge in [-0.05, 0) is 86.6 Å². The van der Waals surface area contributed by atoms with Gasteiger partial charge in [0.1, 0.15) is 12.6 Å². The number of aryl methyl sites for hydroxylation is 4. The molecule has 2 amide bonds. The number of carbonyl (C=O) groups excluding carboxylic acids is 2. The van der Waals surface area contributed by atoms with E-state index in [0.29, 0.717) is 18.7 Å². The monoisotopic (exact) mass is 577 g/mol. The summed E-state index contributed by atoms with van der Waals surface area (Å²) in [6.07, 6.45) is 0.385. The molecule has 0 fully saturated rings. The lowest BCUT2D eigenvalue weighted by Crippen LogP contribution is -2.52. The number of hydrogen-bond acceptors (Lipinski definition) is 4. The second kappa shape index (κ2) is 13.8. The molecule has 0 radical (unpaired) electrons. The maximum atomic E-state index is 14.2. The van der Waals surface area contributed by atoms with Gasteiger partial charge in [0.05, 0.1) is 10.6 Å². The first-order valence-corrected chi connectivity index (χ1v) is 15.6. The first-order chi connectivity index (χ1) is 19.3. The Morgan fingerprint density at radius 2 is 1.46 bits per heavy atom. The van der Waals surface area contributed by atoms with Crippen molar-refractivity contribution in [2.24, 2.45) is 5.92 Å². The van der Waals surface area contributed by atoms with Crippen LogP contribution < -0.4 is 9.62 Å². The van der Waals surface area contributed by atoms with E-state index in [1.165, 1.54) is 9.21 Å². The second-order valence-electron chi connectivity index (χ2n) is 11.2. The van der Waals surface area contributed by atoms with E-state index in [1.807, 2.05) is 78.8 Å². The SMILES string of the molecule is CC[C@H](C(=O)NCC(C)C)N(Cc1ccccc1C)C(=O)CN(c1cc(C)cc(C)c1)S(=O)(=O)c1ccc(C)cc1. The van der Waals surface area contributed by atoms with E-state index in [0.717, 1.165) is 27.8 Å². The van der Waals surface area contributed by atoms with Gasteiger partial charge in [-0.25, -0.2) is 8.42 Å². The largest absolute Gasteiger partial charge is 0.354 e. The fourth-order valence-electron chi connectivity index (χ4n) is 4.77. The summed E-state index contributed by atoms with van der Waals surface area (Å²) in [6, 6.07) is 19.0. The van der Waals surface area contributed by atoms with E-state index in [1.54, 1.807) is 36.4 Å². The molecule has 220 valence electrons. The zero-order valence-corrected chi connectivity index (χ0v) is 26.1. The first kappa shape index (κ1) is 31.9. The molecule has 0 bridgehead atoms. The van der Waals surface area contributed by atoms with E-state index >= 15 is 0 Å². The highest BCUT2D eigenvalue weighted by atomic mass is 32.2. The van der Waals surface area contributed by atoms with Crippen LogP contribution in [0.5, 0.6) is 0 Å². The van der Waals surface area contributed by atoms with Gasteiger partial charge in [-0.3, -0.25) is 13.9 Å². The summed E-state index contributed by atoms with van der Waals surface area (Å²) in [5.41, 5.74) is 4.99. The van der Waals surface area contributed by atoms with Crippen LogP contribution in [0.1, 0.15) is 55.0 Å². The Kier molecular flexibility index (Phi) is 10.7. The van der Waals surface area contributed by atoms with E-state index in [4.69, 9.17) is 0 Å². The van der Waals surface area contributed by atoms with Gasteiger partial charge in [0.25, 0.3) is 10.0 Å². The van der Waals surface area contributed by atoms with Crippen molar-refractivity contribution in [1.82, 2.24) is 10.2 Å². The number of nitrogens with one attached hydrogen (secondary N) is 1. The summed E-state index contributed by atoms with van der Waals surface area (Å²) in [6.45, 7) is 13.7. The third kappa shape index (κ3) is 8.19. The van der Waals surface area contributed by atoms with Gasteiger partial charge in [-0.15, -0.1) is 0 Å². The van der Waals surface area contributed by atoms with Crippen LogP contribution in [-0.2, 0) is 26.2 Å². The summed E-state index contributed by atoms with van der Waals surface area (Å²) in [5.74, 6) is -0.450. The smallest absolute Gasteiger partial charge is 0.264 e. The number of rotatable bonds is 12. The number of benzene rings is 3. The van der Waals surface area contributed by atoms with E-state index in [-0.39, 0.29) is 23.3 Å². The predicted molar refractivity (Wildman–Crippen MR) is 165 cm³/mol. The molecule has 0 spiro atoms. The lowest BCUT2D eigenvalue weighted by atomic mass is 10.1. The first-order valence-electron chi connectivity index (χ1n) is 14.1. The molecule has 3 aromatic rings. The maximum absolute atomic E-state index is 14.2. The van der Waals surface area contributed by atoms with Crippen molar-refractivity contribution in [3.8, 4) is 0 Å². The zero-order valence-electron chi connectivity index (χ0n) is 25.3. The highest BCUT2D eigenvalue weighted by Crippen LogP contribution is 2.27. The molecular formula is C33H43N3O4S. The molecule has 0 aliphatic rings. The molecule has 3 aromatic carbocycles. The van der Waals surface area contributed by atoms with Gasteiger partial charge in [0.15, 0.2) is 0 Å². The summed E-state index contributed by atoms with van der Waals surface area (Å²) < 4.78 is 29.3. The average molecular weight is 578 g/mol. The summed E-state index contributed by atoms with van der Waals surface area (Å²) in [4.78, 5) is 29.2. The van der Waals surface area contributed by atoms with Gasteiger partial charge in [0, 0.05) is 13.1 Å². The van der Waals surface area contributed by atoms with Crippen LogP contribution in [-0.4, -0.2) is 44.3 Å². The summed E-state index contributed by atoms with van der Waals surface area (Å²) >= 11 is 0. The Labute approximate surface area is 245 Å². The Bertz CT molecular complexity index is 1450. The summed E-state index contributed by atoms with van der Waals surface area (Å²) in [7, 11) is -4.10. The van der Waals surface area contributed by atoms with E-state index < -0.39 is 28.5 Å². The number of amides is 2. The average Bonchev–Trinajstić information content (AvgIpc) is 2.90. The molecule has 3 rings (SSSR count). The molecule has 0 saturated heterocycles. The van der Waals surface area contributed by atoms with Gasteiger partial charge < -0.3 is 10.2 Å². The van der Waals surface area contributed by atoms with Crippen molar-refractivity contribution in [2.45, 2.75) is 72.4 Å². The third-order valence-electron chi connectivity index (χ3n) is 7.05. The Balaban J connectivity index is 2.09. The number of anilines is 1. The van der Waals surface area contributed by atoms with Crippen molar-refractivity contribution in [2.75, 3.05) is 17.4 Å². The molecule has 0 heterocycles. The minimum Gasteiger partial charge on any atom is -0.354 e. The van der Waals surface area contributed by atoms with E-state index in [9.17, 15) is 18.0 Å². The Morgan fingerprint density at radius 3 is 2.02 bits per heavy atom. The van der Waals surface area contributed by atoms with Gasteiger partial charge in [-0.2, -0.15) is 0 Å². The van der Waals surface area contributed by atoms with Gasteiger partial charge in [0.2, 0.25) is 11.8 Å². The fraction of sp³-hybridized carbons (Fsp3) is 0.394. The normalized spacial score (nSPS) is 12.2. The lowest BCUT2D eigenvalue weighted by molar-refractivity contribution is -0.140. The van der Waals surface area contributed by atoms with Crippen LogP contribution in [0, 0.1) is 33.6 Å². The number of nitrogens with zero attached hydrogens (tertiary/aromatic N) is 2. The molecule has 7 nitrogen and oxygen atoms in total. The third-order valence-corrected chi connectivity index (χ3v) is 8.84. The van der Waals surface area contributed by atoms with Gasteiger partial charge in [-0.1, -0.05) is 68.8 Å². The van der Waals surface area contributed by atoms with Crippen LogP contribution >= 0.6 is 0 Å². The quantitative estimate of drug-likeness (QED) is 0.299. The molecular weight excluding hydrogens is 534 g/mol. The molecule has 0 aromatic heterocycles. The molecule has 8 heteroatoms. The molecule has 41 heavy (non-hydrogen) atoms. The van der Waals surface area contributed by atoms with Gasteiger partial charge >= 0.3 is 0 Å². The number of sulfonamides is 1. The lowest BCUT2D eigenvalue weighted by Gasteiger charge is -2.33. The van der Waals surface area contributed by atoms with Crippen LogP contribution in [0.2, 0.25) is 0 Å². The van der Waals surface area contributed by atoms with Crippen LogP contribution in [0.25, 0.3) is 0 Å². The van der Waals surface area contributed by atoms with Crippen molar-refractivity contribution in [3.63, 3.8) is 0 Å². The minimum absolute atomic E-state index is 0.0993. The second-order valence-corrected chi connectivity index (χ2v) is 13.0. The van der Waals surface area contributed by atoms with Crippen molar-refractivity contribution >= 4 is 27.5 Å². The highest BCUT2D eigenvalue weighted by molar-refractivity contribution is 7.92. The standard InChI is InChI=1S/C33H43N3O4S/c1-8-31(33(38)34-20-23(2)3)35(21-28-12-10-9-11-27(28)7)32(37)22-36(29-18-25(5)17-26(6)19-29)41(39,40)30-15-13-24(4)14-16-30/h9-19,23,31H,8,20-22H2,1-7H3,(H,34,38)/t31-/m1/s1. The van der Waals surface area contributed by atoms with Crippen molar-refractivity contribution in [3.05, 3.63) is 94.5 Å². The topological polar surface area (TPSA) is 86.8 Å². The maximum Gasteiger partial charge on any atom is 0.264 e. The minimum atomic E-state index is -4.10. The molecule has 1 atom stereocenters. The number of carbonyl (C=O) groups is 2.